The smallest absolute Gasteiger partial charge is 0.251 e. The number of amides is 1. The second-order valence-corrected chi connectivity index (χ2v) is 5.32. The van der Waals surface area contributed by atoms with Crippen LogP contribution >= 0.6 is 0 Å². The highest BCUT2D eigenvalue weighted by Crippen LogP contribution is 2.16. The summed E-state index contributed by atoms with van der Waals surface area (Å²) >= 11 is 0. The number of nitrogens with zero attached hydrogens (tertiary/aromatic N) is 3. The molecule has 6 heteroatoms. The number of ether oxygens (including phenoxy) is 1. The highest BCUT2D eigenvalue weighted by atomic mass is 16.5. The van der Waals surface area contributed by atoms with Crippen LogP contribution in [0.15, 0.2) is 37.1 Å². The summed E-state index contributed by atoms with van der Waals surface area (Å²) in [5, 5.41) is 2.99. The van der Waals surface area contributed by atoms with Crippen molar-refractivity contribution in [3.8, 4) is 11.3 Å². The molecule has 2 aromatic rings. The first-order valence-electron chi connectivity index (χ1n) is 7.40. The molecule has 0 spiro atoms. The van der Waals surface area contributed by atoms with E-state index < -0.39 is 0 Å². The molecule has 0 aromatic carbocycles. The van der Waals surface area contributed by atoms with E-state index in [1.54, 1.807) is 30.7 Å². The van der Waals surface area contributed by atoms with Crippen LogP contribution in [-0.2, 0) is 4.74 Å². The standard InChI is InChI=1S/C16H18N4O2/c21-16(20-8-12-2-5-22-6-3-12)13-1-4-19-15(7-13)14-9-17-11-18-10-14/h1,4,7,9-12H,2-3,5-6,8H2,(H,20,21). The van der Waals surface area contributed by atoms with Crippen molar-refractivity contribution in [3.05, 3.63) is 42.6 Å². The normalized spacial score (nSPS) is 15.5. The molecule has 114 valence electrons. The fourth-order valence-corrected chi connectivity index (χ4v) is 2.45. The minimum Gasteiger partial charge on any atom is -0.381 e. The zero-order chi connectivity index (χ0) is 15.2. The molecule has 3 rings (SSSR count). The van der Waals surface area contributed by atoms with Gasteiger partial charge in [-0.2, -0.15) is 0 Å². The van der Waals surface area contributed by atoms with E-state index in [0.717, 1.165) is 31.6 Å². The average Bonchev–Trinajstić information content (AvgIpc) is 2.61. The van der Waals surface area contributed by atoms with E-state index in [1.807, 2.05) is 0 Å². The number of aromatic nitrogens is 3. The van der Waals surface area contributed by atoms with Crippen molar-refractivity contribution in [2.24, 2.45) is 5.92 Å². The van der Waals surface area contributed by atoms with Crippen molar-refractivity contribution in [3.63, 3.8) is 0 Å². The minimum absolute atomic E-state index is 0.0769. The summed E-state index contributed by atoms with van der Waals surface area (Å²) in [6.07, 6.45) is 8.46. The molecule has 1 fully saturated rings. The van der Waals surface area contributed by atoms with Crippen LogP contribution in [0.25, 0.3) is 11.3 Å². The molecule has 0 saturated carbocycles. The maximum absolute atomic E-state index is 12.3. The molecule has 3 heterocycles. The van der Waals surface area contributed by atoms with E-state index in [1.165, 1.54) is 6.33 Å². The van der Waals surface area contributed by atoms with Crippen LogP contribution < -0.4 is 5.32 Å². The third kappa shape index (κ3) is 3.65. The average molecular weight is 298 g/mol. The number of carbonyl (C=O) groups is 1. The largest absolute Gasteiger partial charge is 0.381 e. The lowest BCUT2D eigenvalue weighted by Crippen LogP contribution is -2.32. The van der Waals surface area contributed by atoms with Gasteiger partial charge < -0.3 is 10.1 Å². The van der Waals surface area contributed by atoms with Gasteiger partial charge >= 0.3 is 0 Å². The molecule has 0 unspecified atom stereocenters. The first-order valence-corrected chi connectivity index (χ1v) is 7.40. The zero-order valence-corrected chi connectivity index (χ0v) is 12.2. The Hall–Kier alpha value is -2.34. The number of hydrogen-bond donors (Lipinski definition) is 1. The Morgan fingerprint density at radius 2 is 2.05 bits per heavy atom. The molecule has 22 heavy (non-hydrogen) atoms. The van der Waals surface area contributed by atoms with E-state index in [4.69, 9.17) is 4.74 Å². The third-order valence-corrected chi connectivity index (χ3v) is 3.77. The number of rotatable bonds is 4. The Morgan fingerprint density at radius 3 is 2.82 bits per heavy atom. The van der Waals surface area contributed by atoms with Gasteiger partial charge in [-0.1, -0.05) is 0 Å². The van der Waals surface area contributed by atoms with Gasteiger partial charge in [-0.15, -0.1) is 0 Å². The monoisotopic (exact) mass is 298 g/mol. The first kappa shape index (κ1) is 14.6. The summed E-state index contributed by atoms with van der Waals surface area (Å²) in [6, 6.07) is 3.48. The van der Waals surface area contributed by atoms with Gasteiger partial charge in [0.2, 0.25) is 0 Å². The Morgan fingerprint density at radius 1 is 1.27 bits per heavy atom. The van der Waals surface area contributed by atoms with Crippen molar-refractivity contribution in [1.82, 2.24) is 20.3 Å². The van der Waals surface area contributed by atoms with Crippen LogP contribution in [0.3, 0.4) is 0 Å². The second-order valence-electron chi connectivity index (χ2n) is 5.32. The summed E-state index contributed by atoms with van der Waals surface area (Å²) in [7, 11) is 0. The number of pyridine rings is 1. The van der Waals surface area contributed by atoms with Crippen molar-refractivity contribution in [2.45, 2.75) is 12.8 Å². The maximum Gasteiger partial charge on any atom is 0.251 e. The summed E-state index contributed by atoms with van der Waals surface area (Å²) in [5.74, 6) is 0.425. The lowest BCUT2D eigenvalue weighted by molar-refractivity contribution is 0.0642. The van der Waals surface area contributed by atoms with E-state index in [2.05, 4.69) is 20.3 Å². The van der Waals surface area contributed by atoms with Crippen LogP contribution in [0.1, 0.15) is 23.2 Å². The van der Waals surface area contributed by atoms with Crippen LogP contribution in [0.2, 0.25) is 0 Å². The van der Waals surface area contributed by atoms with Gasteiger partial charge in [0, 0.05) is 49.5 Å². The SMILES string of the molecule is O=C(NCC1CCOCC1)c1ccnc(-c2cncnc2)c1. The quantitative estimate of drug-likeness (QED) is 0.929. The van der Waals surface area contributed by atoms with Crippen LogP contribution in [0.5, 0.6) is 0 Å². The topological polar surface area (TPSA) is 77.0 Å². The van der Waals surface area contributed by atoms with Crippen LogP contribution in [-0.4, -0.2) is 40.6 Å². The van der Waals surface area contributed by atoms with E-state index in [-0.39, 0.29) is 5.91 Å². The predicted octanol–water partition coefficient (Wildman–Crippen LogP) is 1.70. The second kappa shape index (κ2) is 7.09. The highest BCUT2D eigenvalue weighted by molar-refractivity contribution is 5.95. The number of carbonyl (C=O) groups excluding carboxylic acids is 1. The summed E-state index contributed by atoms with van der Waals surface area (Å²) in [4.78, 5) is 24.5. The Kier molecular flexibility index (Phi) is 4.70. The van der Waals surface area contributed by atoms with Gasteiger partial charge in [-0.05, 0) is 30.9 Å². The molecular weight excluding hydrogens is 280 g/mol. The molecular formula is C16H18N4O2. The van der Waals surface area contributed by atoms with Gasteiger partial charge in [0.05, 0.1) is 5.69 Å². The van der Waals surface area contributed by atoms with Gasteiger partial charge in [0.25, 0.3) is 5.91 Å². The summed E-state index contributed by atoms with van der Waals surface area (Å²) in [6.45, 7) is 2.26. The fourth-order valence-electron chi connectivity index (χ4n) is 2.45. The highest BCUT2D eigenvalue weighted by Gasteiger charge is 2.15. The maximum atomic E-state index is 12.3. The first-order chi connectivity index (χ1) is 10.8. The van der Waals surface area contributed by atoms with E-state index >= 15 is 0 Å². The van der Waals surface area contributed by atoms with E-state index in [0.29, 0.717) is 23.7 Å². The van der Waals surface area contributed by atoms with Gasteiger partial charge in [0.1, 0.15) is 6.33 Å². The molecule has 1 saturated heterocycles. The lowest BCUT2D eigenvalue weighted by atomic mass is 10.0. The number of hydrogen-bond acceptors (Lipinski definition) is 5. The molecule has 6 nitrogen and oxygen atoms in total. The molecule has 1 aliphatic heterocycles. The molecule has 1 N–H and O–H groups in total. The minimum atomic E-state index is -0.0769. The Bertz CT molecular complexity index is 627. The molecule has 0 bridgehead atoms. The molecule has 0 radical (unpaired) electrons. The van der Waals surface area contributed by atoms with Crippen molar-refractivity contribution in [2.75, 3.05) is 19.8 Å². The Balaban J connectivity index is 1.65. The van der Waals surface area contributed by atoms with Crippen LogP contribution in [0, 0.1) is 5.92 Å². The lowest BCUT2D eigenvalue weighted by Gasteiger charge is -2.22. The third-order valence-electron chi connectivity index (χ3n) is 3.77. The molecule has 0 atom stereocenters. The van der Waals surface area contributed by atoms with Crippen molar-refractivity contribution < 1.29 is 9.53 Å². The van der Waals surface area contributed by atoms with Gasteiger partial charge in [-0.25, -0.2) is 9.97 Å². The van der Waals surface area contributed by atoms with Crippen LogP contribution in [0.4, 0.5) is 0 Å². The molecule has 0 aliphatic carbocycles. The molecule has 2 aromatic heterocycles. The Labute approximate surface area is 129 Å². The summed E-state index contributed by atoms with van der Waals surface area (Å²) in [5.41, 5.74) is 2.09. The summed E-state index contributed by atoms with van der Waals surface area (Å²) < 4.78 is 5.32. The van der Waals surface area contributed by atoms with Gasteiger partial charge in [0.15, 0.2) is 0 Å². The molecule has 1 aliphatic rings. The zero-order valence-electron chi connectivity index (χ0n) is 12.2. The van der Waals surface area contributed by atoms with E-state index in [9.17, 15) is 4.79 Å². The fraction of sp³-hybridized carbons (Fsp3) is 0.375. The van der Waals surface area contributed by atoms with Gasteiger partial charge in [-0.3, -0.25) is 9.78 Å². The number of nitrogens with one attached hydrogen (secondary N) is 1. The van der Waals surface area contributed by atoms with Crippen molar-refractivity contribution in [1.29, 1.82) is 0 Å². The van der Waals surface area contributed by atoms with Crippen molar-refractivity contribution >= 4 is 5.91 Å². The predicted molar refractivity (Wildman–Crippen MR) is 81.1 cm³/mol. The molecule has 1 amide bonds.